The number of rotatable bonds is 6. The first-order chi connectivity index (χ1) is 11.8. The number of aliphatic hydroxyl groups excluding tert-OH is 1. The van der Waals surface area contributed by atoms with E-state index in [0.717, 1.165) is 38.9 Å². The van der Waals surface area contributed by atoms with Crippen molar-refractivity contribution in [2.45, 2.75) is 31.7 Å². The van der Waals surface area contributed by atoms with Crippen molar-refractivity contribution in [3.63, 3.8) is 0 Å². The lowest BCUT2D eigenvalue weighted by Crippen LogP contribution is -2.36. The number of nitrogens with zero attached hydrogens (tertiary/aromatic N) is 2. The fourth-order valence-corrected chi connectivity index (χ4v) is 2.56. The normalized spacial score (nSPS) is 16.8. The van der Waals surface area contributed by atoms with Gasteiger partial charge in [-0.05, 0) is 50.1 Å². The maximum absolute atomic E-state index is 12.1. The molecule has 0 atom stereocenters. The largest absolute Gasteiger partial charge is 0.573 e. The summed E-state index contributed by atoms with van der Waals surface area (Å²) in [5.74, 6) is -0.0845. The number of aliphatic hydroxyl groups is 1. The maximum atomic E-state index is 12.1. The number of alkyl halides is 3. The molecule has 1 fully saturated rings. The van der Waals surface area contributed by atoms with Crippen LogP contribution in [0.4, 0.5) is 18.9 Å². The van der Waals surface area contributed by atoms with Crippen molar-refractivity contribution in [3.8, 4) is 5.75 Å². The summed E-state index contributed by atoms with van der Waals surface area (Å²) in [6.45, 7) is 3.23. The second-order valence-electron chi connectivity index (χ2n) is 5.89. The predicted octanol–water partition coefficient (Wildman–Crippen LogP) is 2.78. The molecule has 0 bridgehead atoms. The van der Waals surface area contributed by atoms with E-state index in [1.54, 1.807) is 0 Å². The van der Waals surface area contributed by atoms with Gasteiger partial charge in [0.25, 0.3) is 0 Å². The van der Waals surface area contributed by atoms with Gasteiger partial charge < -0.3 is 25.8 Å². The number of hydrogen-bond donors (Lipinski definition) is 3. The SMILES string of the molecule is I.NC(=NCCCN1CCC(O)CC1)Nc1ccc(OC(F)(F)F)cc1. The van der Waals surface area contributed by atoms with Crippen LogP contribution in [0.15, 0.2) is 29.3 Å². The van der Waals surface area contributed by atoms with E-state index in [9.17, 15) is 18.3 Å². The van der Waals surface area contributed by atoms with Gasteiger partial charge in [0.15, 0.2) is 5.96 Å². The molecule has 26 heavy (non-hydrogen) atoms. The van der Waals surface area contributed by atoms with Crippen molar-refractivity contribution >= 4 is 35.6 Å². The summed E-state index contributed by atoms with van der Waals surface area (Å²) in [5.41, 5.74) is 6.29. The third-order valence-electron chi connectivity index (χ3n) is 3.83. The molecule has 6 nitrogen and oxygen atoms in total. The van der Waals surface area contributed by atoms with E-state index >= 15 is 0 Å². The zero-order valence-electron chi connectivity index (χ0n) is 14.2. The van der Waals surface area contributed by atoms with Crippen molar-refractivity contribution in [1.29, 1.82) is 0 Å². The Morgan fingerprint density at radius 1 is 1.27 bits per heavy atom. The van der Waals surface area contributed by atoms with Crippen molar-refractivity contribution in [1.82, 2.24) is 4.90 Å². The zero-order chi connectivity index (χ0) is 18.3. The summed E-state index contributed by atoms with van der Waals surface area (Å²) in [6.07, 6.45) is -2.43. The van der Waals surface area contributed by atoms with E-state index < -0.39 is 6.36 Å². The quantitative estimate of drug-likeness (QED) is 0.248. The molecular weight excluding hydrogens is 464 g/mol. The second-order valence-corrected chi connectivity index (χ2v) is 5.89. The molecule has 0 radical (unpaired) electrons. The summed E-state index contributed by atoms with van der Waals surface area (Å²) >= 11 is 0. The molecule has 1 heterocycles. The molecule has 4 N–H and O–H groups in total. The monoisotopic (exact) mass is 488 g/mol. The lowest BCUT2D eigenvalue weighted by atomic mass is 10.1. The van der Waals surface area contributed by atoms with Crippen molar-refractivity contribution < 1.29 is 23.0 Å². The highest BCUT2D eigenvalue weighted by atomic mass is 127. The van der Waals surface area contributed by atoms with Crippen LogP contribution < -0.4 is 15.8 Å². The number of halogens is 4. The lowest BCUT2D eigenvalue weighted by molar-refractivity contribution is -0.274. The molecule has 2 rings (SSSR count). The van der Waals surface area contributed by atoms with Crippen LogP contribution in [-0.2, 0) is 0 Å². The highest BCUT2D eigenvalue weighted by Gasteiger charge is 2.30. The molecule has 0 spiro atoms. The molecule has 0 unspecified atom stereocenters. The van der Waals surface area contributed by atoms with Gasteiger partial charge in [0.1, 0.15) is 5.75 Å². The summed E-state index contributed by atoms with van der Waals surface area (Å²) in [6, 6.07) is 5.27. The third-order valence-corrected chi connectivity index (χ3v) is 3.83. The standard InChI is InChI=1S/C16H23F3N4O2.HI/c17-16(18,19)25-14-4-2-12(3-5-14)22-15(20)21-8-1-9-23-10-6-13(24)7-11-23;/h2-5,13,24H,1,6-11H2,(H3,20,21,22);1H. The van der Waals surface area contributed by atoms with Crippen molar-refractivity contribution in [3.05, 3.63) is 24.3 Å². The smallest absolute Gasteiger partial charge is 0.406 e. The van der Waals surface area contributed by atoms with Crippen LogP contribution in [0.2, 0.25) is 0 Å². The van der Waals surface area contributed by atoms with Gasteiger partial charge in [0.05, 0.1) is 6.10 Å². The Morgan fingerprint density at radius 2 is 1.88 bits per heavy atom. The fourth-order valence-electron chi connectivity index (χ4n) is 2.56. The molecule has 1 aromatic carbocycles. The number of hydrogen-bond acceptors (Lipinski definition) is 4. The first kappa shape index (κ1) is 22.8. The Balaban J connectivity index is 0.00000338. The van der Waals surface area contributed by atoms with E-state index in [-0.39, 0.29) is 41.8 Å². The Labute approximate surface area is 167 Å². The van der Waals surface area contributed by atoms with Gasteiger partial charge in [0, 0.05) is 25.3 Å². The van der Waals surface area contributed by atoms with Crippen LogP contribution in [0.25, 0.3) is 0 Å². The summed E-state index contributed by atoms with van der Waals surface area (Å²) in [5, 5.41) is 12.3. The number of guanidine groups is 1. The number of aliphatic imine (C=N–C) groups is 1. The zero-order valence-corrected chi connectivity index (χ0v) is 16.5. The highest BCUT2D eigenvalue weighted by Crippen LogP contribution is 2.23. The Morgan fingerprint density at radius 3 is 2.46 bits per heavy atom. The summed E-state index contributed by atoms with van der Waals surface area (Å²) < 4.78 is 40.1. The summed E-state index contributed by atoms with van der Waals surface area (Å²) in [4.78, 5) is 6.48. The average Bonchev–Trinajstić information content (AvgIpc) is 2.54. The first-order valence-electron chi connectivity index (χ1n) is 8.15. The van der Waals surface area contributed by atoms with Crippen molar-refractivity contribution in [2.75, 3.05) is 31.5 Å². The van der Waals surface area contributed by atoms with Gasteiger partial charge in [-0.3, -0.25) is 4.99 Å². The molecule has 1 aliphatic heterocycles. The molecule has 1 saturated heterocycles. The molecule has 1 aliphatic rings. The third kappa shape index (κ3) is 8.90. The van der Waals surface area contributed by atoms with E-state index in [2.05, 4.69) is 19.9 Å². The van der Waals surface area contributed by atoms with Crippen LogP contribution in [0.5, 0.6) is 5.75 Å². The second kappa shape index (κ2) is 10.8. The number of nitrogens with one attached hydrogen (secondary N) is 1. The number of benzene rings is 1. The predicted molar refractivity (Wildman–Crippen MR) is 105 cm³/mol. The van der Waals surface area contributed by atoms with Crippen LogP contribution in [0, 0.1) is 0 Å². The van der Waals surface area contributed by atoms with Gasteiger partial charge in [-0.25, -0.2) is 0 Å². The van der Waals surface area contributed by atoms with Gasteiger partial charge in [-0.1, -0.05) is 0 Å². The first-order valence-corrected chi connectivity index (χ1v) is 8.15. The molecule has 0 amide bonds. The van der Waals surface area contributed by atoms with Gasteiger partial charge in [0.2, 0.25) is 0 Å². The number of likely N-dealkylation sites (tertiary alicyclic amines) is 1. The topological polar surface area (TPSA) is 83.1 Å². The van der Waals surface area contributed by atoms with Crippen LogP contribution in [0.1, 0.15) is 19.3 Å². The Hall–Kier alpha value is -1.27. The number of nitrogens with two attached hydrogens (primary N) is 1. The number of anilines is 1. The van der Waals surface area contributed by atoms with Gasteiger partial charge in [-0.2, -0.15) is 0 Å². The molecule has 0 aromatic heterocycles. The van der Waals surface area contributed by atoms with Crippen molar-refractivity contribution in [2.24, 2.45) is 10.7 Å². The summed E-state index contributed by atoms with van der Waals surface area (Å²) in [7, 11) is 0. The number of ether oxygens (including phenoxy) is 1. The van der Waals surface area contributed by atoms with Gasteiger partial charge >= 0.3 is 6.36 Å². The minimum atomic E-state index is -4.71. The average molecular weight is 488 g/mol. The molecule has 0 aliphatic carbocycles. The van der Waals surface area contributed by atoms with E-state index in [0.29, 0.717) is 12.2 Å². The molecular formula is C16H24F3IN4O2. The highest BCUT2D eigenvalue weighted by molar-refractivity contribution is 14.0. The van der Waals surface area contributed by atoms with Crippen LogP contribution in [-0.4, -0.2) is 54.6 Å². The van der Waals surface area contributed by atoms with E-state index in [4.69, 9.17) is 5.73 Å². The molecule has 10 heteroatoms. The van der Waals surface area contributed by atoms with Crippen LogP contribution in [0.3, 0.4) is 0 Å². The van der Waals surface area contributed by atoms with Gasteiger partial charge in [-0.15, -0.1) is 37.1 Å². The molecule has 0 saturated carbocycles. The maximum Gasteiger partial charge on any atom is 0.573 e. The Kier molecular flexibility index (Phi) is 9.44. The van der Waals surface area contributed by atoms with Crippen LogP contribution >= 0.6 is 24.0 Å². The number of piperidine rings is 1. The lowest BCUT2D eigenvalue weighted by Gasteiger charge is -2.29. The fraction of sp³-hybridized carbons (Fsp3) is 0.562. The molecule has 148 valence electrons. The minimum Gasteiger partial charge on any atom is -0.406 e. The minimum absolute atomic E-state index is 0. The Bertz CT molecular complexity index is 562. The van der Waals surface area contributed by atoms with E-state index in [1.165, 1.54) is 24.3 Å². The molecule has 1 aromatic rings. The van der Waals surface area contributed by atoms with E-state index in [1.807, 2.05) is 0 Å².